The van der Waals surface area contributed by atoms with E-state index in [0.29, 0.717) is 0 Å². The van der Waals surface area contributed by atoms with Crippen molar-refractivity contribution in [2.75, 3.05) is 0 Å². The van der Waals surface area contributed by atoms with Gasteiger partial charge in [0.1, 0.15) is 0 Å². The monoisotopic (exact) mass is 480 g/mol. The van der Waals surface area contributed by atoms with Crippen LogP contribution in [-0.4, -0.2) is 0 Å². The van der Waals surface area contributed by atoms with E-state index in [1.54, 1.807) is 0 Å². The van der Waals surface area contributed by atoms with Crippen molar-refractivity contribution < 1.29 is 0 Å². The summed E-state index contributed by atoms with van der Waals surface area (Å²) in [6.07, 6.45) is 0. The molecule has 0 nitrogen and oxygen atoms in total. The van der Waals surface area contributed by atoms with Crippen LogP contribution in [0.5, 0.6) is 0 Å². The van der Waals surface area contributed by atoms with Gasteiger partial charge in [-0.1, -0.05) is 12.1 Å². The predicted molar refractivity (Wildman–Crippen MR) is 139 cm³/mol. The van der Waals surface area contributed by atoms with Gasteiger partial charge in [0, 0.05) is 49.9 Å². The summed E-state index contributed by atoms with van der Waals surface area (Å²) in [5.41, 5.74) is 0. The molecule has 0 unspecified atom stereocenters. The Balaban J connectivity index is 1.69. The van der Waals surface area contributed by atoms with E-state index in [1.165, 1.54) is 64.0 Å². The molecule has 6 heterocycles. The number of fused-ring (bicyclic) bond motifs is 8. The first kappa shape index (κ1) is 17.2. The molecule has 0 amide bonds. The lowest BCUT2D eigenvalue weighted by atomic mass is 10.1. The summed E-state index contributed by atoms with van der Waals surface area (Å²) in [6, 6.07) is 16.0. The smallest absolute Gasteiger partial charge is 0.0542 e. The molecule has 0 spiro atoms. The van der Waals surface area contributed by atoms with Crippen LogP contribution in [0.15, 0.2) is 53.2 Å². The van der Waals surface area contributed by atoms with Crippen LogP contribution in [0.3, 0.4) is 0 Å². The van der Waals surface area contributed by atoms with Crippen LogP contribution >= 0.6 is 68.0 Å². The highest BCUT2D eigenvalue weighted by Gasteiger charge is 2.21. The lowest BCUT2D eigenvalue weighted by Crippen LogP contribution is -1.68. The van der Waals surface area contributed by atoms with Crippen molar-refractivity contribution >= 4 is 108 Å². The average Bonchev–Trinajstić information content (AvgIpc) is 3.51. The Morgan fingerprint density at radius 2 is 1.24 bits per heavy atom. The molecule has 140 valence electrons. The van der Waals surface area contributed by atoms with Gasteiger partial charge in [0.05, 0.1) is 14.1 Å². The van der Waals surface area contributed by atoms with Crippen molar-refractivity contribution in [3.8, 4) is 19.5 Å². The number of hydrogen-bond acceptors (Lipinski definition) is 6. The zero-order valence-electron chi connectivity index (χ0n) is 15.1. The number of benzene rings is 1. The summed E-state index contributed by atoms with van der Waals surface area (Å²) >= 11 is 11.5. The molecule has 1 aromatic carbocycles. The van der Waals surface area contributed by atoms with Gasteiger partial charge >= 0.3 is 0 Å². The Morgan fingerprint density at radius 1 is 0.586 bits per heavy atom. The van der Waals surface area contributed by atoms with Crippen molar-refractivity contribution in [2.45, 2.75) is 6.92 Å². The minimum atomic E-state index is 1.37. The normalized spacial score (nSPS) is 12.3. The van der Waals surface area contributed by atoms with Gasteiger partial charge in [0.15, 0.2) is 0 Å². The lowest BCUT2D eigenvalue weighted by molar-refractivity contribution is 1.66. The molecule has 0 saturated carbocycles. The van der Waals surface area contributed by atoms with Crippen LogP contribution in [-0.2, 0) is 0 Å². The van der Waals surface area contributed by atoms with Gasteiger partial charge in [-0.15, -0.1) is 68.0 Å². The third-order valence-corrected chi connectivity index (χ3v) is 12.1. The molecule has 7 rings (SSSR count). The van der Waals surface area contributed by atoms with Crippen LogP contribution in [0.4, 0.5) is 0 Å². The minimum Gasteiger partial charge on any atom is -0.143 e. The van der Waals surface area contributed by atoms with E-state index in [9.17, 15) is 0 Å². The summed E-state index contributed by atoms with van der Waals surface area (Å²) in [4.78, 5) is 6.93. The van der Waals surface area contributed by atoms with E-state index in [2.05, 4.69) is 60.1 Å². The van der Waals surface area contributed by atoms with Gasteiger partial charge in [-0.3, -0.25) is 0 Å². The largest absolute Gasteiger partial charge is 0.143 e. The quantitative estimate of drug-likeness (QED) is 0.231. The maximum Gasteiger partial charge on any atom is 0.0542 e. The summed E-state index contributed by atoms with van der Waals surface area (Å²) in [5.74, 6) is 0. The van der Waals surface area contributed by atoms with Crippen LogP contribution in [0.1, 0.15) is 4.88 Å². The van der Waals surface area contributed by atoms with E-state index in [1.807, 2.05) is 68.0 Å². The molecule has 0 atom stereocenters. The Morgan fingerprint density at radius 3 is 1.90 bits per heavy atom. The maximum absolute atomic E-state index is 2.44. The molecule has 6 heteroatoms. The maximum atomic E-state index is 2.44. The fourth-order valence-electron chi connectivity index (χ4n) is 3.99. The Labute approximate surface area is 190 Å². The fourth-order valence-corrected chi connectivity index (χ4v) is 10.8. The van der Waals surface area contributed by atoms with Crippen LogP contribution in [0, 0.1) is 6.92 Å². The number of thiophene rings is 6. The van der Waals surface area contributed by atoms with Gasteiger partial charge in [0.25, 0.3) is 0 Å². The highest BCUT2D eigenvalue weighted by Crippen LogP contribution is 2.53. The number of rotatable bonds is 2. The van der Waals surface area contributed by atoms with E-state index >= 15 is 0 Å². The molecular weight excluding hydrogens is 469 g/mol. The molecule has 0 aliphatic rings. The molecule has 0 saturated heterocycles. The third-order valence-electron chi connectivity index (χ3n) is 5.20. The van der Waals surface area contributed by atoms with Crippen LogP contribution < -0.4 is 0 Å². The van der Waals surface area contributed by atoms with Crippen molar-refractivity contribution in [3.63, 3.8) is 0 Å². The van der Waals surface area contributed by atoms with Gasteiger partial charge in [-0.05, 0) is 48.0 Å². The van der Waals surface area contributed by atoms with Gasteiger partial charge in [-0.2, -0.15) is 0 Å². The molecule has 0 aliphatic heterocycles. The topological polar surface area (TPSA) is 0 Å². The molecule has 29 heavy (non-hydrogen) atoms. The molecule has 6 aromatic heterocycles. The second-order valence-electron chi connectivity index (χ2n) is 7.02. The molecule has 0 aliphatic carbocycles. The highest BCUT2D eigenvalue weighted by molar-refractivity contribution is 7.36. The first-order valence-corrected chi connectivity index (χ1v) is 14.2. The standard InChI is InChI=1S/C23H12S6/c1-11-8-18-23(26-11)19-12-9-16(14-4-2-6-24-14)27-21(12)22-13(20(19)29-18)10-17(28-22)15-5-3-7-25-15/h2-10H,1H3. The van der Waals surface area contributed by atoms with E-state index in [0.717, 1.165) is 0 Å². The second kappa shape index (κ2) is 6.23. The molecular formula is C23H12S6. The lowest BCUT2D eigenvalue weighted by Gasteiger charge is -1.97. The summed E-state index contributed by atoms with van der Waals surface area (Å²) in [6.45, 7) is 2.23. The van der Waals surface area contributed by atoms with Crippen molar-refractivity contribution in [2.24, 2.45) is 0 Å². The van der Waals surface area contributed by atoms with Crippen LogP contribution in [0.25, 0.3) is 59.2 Å². The molecule has 0 N–H and O–H groups in total. The molecule has 0 bridgehead atoms. The fraction of sp³-hybridized carbons (Fsp3) is 0.0435. The van der Waals surface area contributed by atoms with Crippen molar-refractivity contribution in [1.29, 1.82) is 0 Å². The minimum absolute atomic E-state index is 1.37. The molecule has 7 aromatic rings. The van der Waals surface area contributed by atoms with E-state index < -0.39 is 0 Å². The highest BCUT2D eigenvalue weighted by atomic mass is 32.1. The molecule has 0 fully saturated rings. The van der Waals surface area contributed by atoms with E-state index in [4.69, 9.17) is 0 Å². The van der Waals surface area contributed by atoms with E-state index in [-0.39, 0.29) is 0 Å². The zero-order valence-corrected chi connectivity index (χ0v) is 20.0. The Kier molecular flexibility index (Phi) is 3.69. The summed E-state index contributed by atoms with van der Waals surface area (Å²) in [5, 5.41) is 8.70. The SMILES string of the molecule is Cc1cc2sc3c4cc(-c5cccs5)sc4c4sc(-c5cccs5)cc4c3c2s1. The average molecular weight is 481 g/mol. The number of hydrogen-bond donors (Lipinski definition) is 0. The third kappa shape index (κ3) is 2.45. The number of aryl methyl sites for hydroxylation is 1. The van der Waals surface area contributed by atoms with Crippen LogP contribution in [0.2, 0.25) is 0 Å². The van der Waals surface area contributed by atoms with Crippen molar-refractivity contribution in [3.05, 3.63) is 58.1 Å². The van der Waals surface area contributed by atoms with Gasteiger partial charge < -0.3 is 0 Å². The van der Waals surface area contributed by atoms with Crippen molar-refractivity contribution in [1.82, 2.24) is 0 Å². The first-order valence-electron chi connectivity index (χ1n) is 9.16. The van der Waals surface area contributed by atoms with Gasteiger partial charge in [-0.25, -0.2) is 0 Å². The summed E-state index contributed by atoms with van der Waals surface area (Å²) in [7, 11) is 0. The van der Waals surface area contributed by atoms with Gasteiger partial charge in [0.2, 0.25) is 0 Å². The zero-order chi connectivity index (χ0) is 19.1. The predicted octanol–water partition coefficient (Wildman–Crippen LogP) is 10.3. The Hall–Kier alpha value is -1.54. The first-order chi connectivity index (χ1) is 14.3. The molecule has 0 radical (unpaired) electrons. The summed E-state index contributed by atoms with van der Waals surface area (Å²) < 4.78 is 7.27. The Bertz CT molecular complexity index is 1640. The second-order valence-corrected chi connectivity index (χ2v) is 13.3.